The van der Waals surface area contributed by atoms with Gasteiger partial charge in [-0.1, -0.05) is 57.6 Å². The lowest BCUT2D eigenvalue weighted by molar-refractivity contribution is -0.139. The second-order valence-corrected chi connectivity index (χ2v) is 12.3. The van der Waals surface area contributed by atoms with Crippen LogP contribution >= 0.6 is 0 Å². The van der Waals surface area contributed by atoms with E-state index < -0.39 is 5.97 Å². The molecule has 4 fully saturated rings. The summed E-state index contributed by atoms with van der Waals surface area (Å²) in [7, 11) is 0. The summed E-state index contributed by atoms with van der Waals surface area (Å²) in [4.78, 5) is 21.4. The summed E-state index contributed by atoms with van der Waals surface area (Å²) >= 11 is 0. The molecule has 0 amide bonds. The van der Waals surface area contributed by atoms with Crippen LogP contribution in [0.3, 0.4) is 0 Å². The number of aliphatic carboxylic acids is 1. The minimum atomic E-state index is -0.734. The number of likely N-dealkylation sites (tertiary alicyclic amines) is 1. The molecule has 36 heavy (non-hydrogen) atoms. The third-order valence-corrected chi connectivity index (χ3v) is 9.82. The summed E-state index contributed by atoms with van der Waals surface area (Å²) in [5, 5.41) is 9.19. The van der Waals surface area contributed by atoms with E-state index in [1.807, 2.05) is 4.90 Å². The average molecular weight is 493 g/mol. The van der Waals surface area contributed by atoms with Crippen molar-refractivity contribution in [3.8, 4) is 0 Å². The predicted octanol–water partition coefficient (Wildman–Crippen LogP) is 5.83. The third-order valence-electron chi connectivity index (χ3n) is 9.82. The maximum absolute atomic E-state index is 11.2. The first-order valence-electron chi connectivity index (χ1n) is 14.8. The zero-order valence-corrected chi connectivity index (χ0v) is 22.0. The topological polar surface area (TPSA) is 61.6 Å². The number of nitrogens with zero attached hydrogens (tertiary/aromatic N) is 4. The Labute approximate surface area is 216 Å². The van der Waals surface area contributed by atoms with Gasteiger partial charge in [0.05, 0.1) is 17.6 Å². The Hall–Kier alpha value is -1.92. The Balaban J connectivity index is 1.23. The highest BCUT2D eigenvalue weighted by molar-refractivity contribution is 5.76. The van der Waals surface area contributed by atoms with Crippen LogP contribution < -0.4 is 0 Å². The highest BCUT2D eigenvalue weighted by Gasteiger charge is 2.44. The van der Waals surface area contributed by atoms with Crippen molar-refractivity contribution in [1.82, 2.24) is 19.4 Å². The minimum Gasteiger partial charge on any atom is -0.480 e. The molecule has 2 bridgehead atoms. The molecule has 6 rings (SSSR count). The second kappa shape index (κ2) is 10.4. The molecule has 1 saturated carbocycles. The normalized spacial score (nSPS) is 32.0. The summed E-state index contributed by atoms with van der Waals surface area (Å²) in [6.45, 7) is 4.09. The Bertz CT molecular complexity index is 1050. The van der Waals surface area contributed by atoms with Gasteiger partial charge in [0.2, 0.25) is 0 Å². The van der Waals surface area contributed by atoms with E-state index in [-0.39, 0.29) is 6.54 Å². The standard InChI is InChI=1S/C30H44N4O2/c1-2-3-8-21-9-6-10-23(15-21)33-24-11-7-12-25(33)17-26(16-24)34-28-14-5-4-13-27(28)31-30(34)22-18-32(19-22)20-29(35)36/h4-5,13-14,21-26H,2-3,6-12,15-20H2,1H3,(H,35,36)/t21-,23+,24-,25+,26+/m0/s1. The van der Waals surface area contributed by atoms with Crippen LogP contribution in [0.5, 0.6) is 0 Å². The highest BCUT2D eigenvalue weighted by atomic mass is 16.4. The van der Waals surface area contributed by atoms with Crippen LogP contribution in [0.15, 0.2) is 24.3 Å². The minimum absolute atomic E-state index is 0.139. The zero-order chi connectivity index (χ0) is 24.6. The molecule has 0 radical (unpaired) electrons. The number of benzene rings is 1. The van der Waals surface area contributed by atoms with E-state index in [1.54, 1.807) is 0 Å². The van der Waals surface area contributed by atoms with Crippen molar-refractivity contribution >= 4 is 17.0 Å². The summed E-state index contributed by atoms with van der Waals surface area (Å²) in [5.41, 5.74) is 2.38. The number of rotatable bonds is 8. The fraction of sp³-hybridized carbons (Fsp3) is 0.733. The van der Waals surface area contributed by atoms with E-state index in [1.165, 1.54) is 88.4 Å². The van der Waals surface area contributed by atoms with Crippen molar-refractivity contribution in [3.05, 3.63) is 30.1 Å². The second-order valence-electron chi connectivity index (χ2n) is 12.3. The molecule has 0 spiro atoms. The number of imidazole rings is 1. The molecule has 1 N–H and O–H groups in total. The van der Waals surface area contributed by atoms with Crippen molar-refractivity contribution in [1.29, 1.82) is 0 Å². The van der Waals surface area contributed by atoms with E-state index in [2.05, 4.69) is 40.7 Å². The van der Waals surface area contributed by atoms with E-state index >= 15 is 0 Å². The predicted molar refractivity (Wildman–Crippen MR) is 143 cm³/mol. The molecule has 1 aromatic carbocycles. The van der Waals surface area contributed by atoms with Crippen molar-refractivity contribution in [2.75, 3.05) is 19.6 Å². The molecule has 0 unspecified atom stereocenters. The maximum Gasteiger partial charge on any atom is 0.317 e. The van der Waals surface area contributed by atoms with Crippen molar-refractivity contribution in [2.24, 2.45) is 5.92 Å². The lowest BCUT2D eigenvalue weighted by Gasteiger charge is -2.54. The number of aromatic nitrogens is 2. The van der Waals surface area contributed by atoms with Gasteiger partial charge in [-0.15, -0.1) is 0 Å². The molecule has 4 heterocycles. The average Bonchev–Trinajstić information content (AvgIpc) is 3.23. The van der Waals surface area contributed by atoms with Crippen molar-refractivity contribution in [3.63, 3.8) is 0 Å². The molecule has 6 nitrogen and oxygen atoms in total. The van der Waals surface area contributed by atoms with E-state index in [0.29, 0.717) is 24.0 Å². The van der Waals surface area contributed by atoms with Gasteiger partial charge >= 0.3 is 5.97 Å². The smallest absolute Gasteiger partial charge is 0.317 e. The van der Waals surface area contributed by atoms with Gasteiger partial charge in [0, 0.05) is 43.2 Å². The van der Waals surface area contributed by atoms with Gasteiger partial charge in [0.1, 0.15) is 5.82 Å². The summed E-state index contributed by atoms with van der Waals surface area (Å²) < 4.78 is 2.60. The van der Waals surface area contributed by atoms with E-state index in [9.17, 15) is 9.90 Å². The quantitative estimate of drug-likeness (QED) is 0.503. The highest BCUT2D eigenvalue weighted by Crippen LogP contribution is 2.46. The van der Waals surface area contributed by atoms with Crippen LogP contribution in [0, 0.1) is 5.92 Å². The first kappa shape index (κ1) is 24.4. The number of carbonyl (C=O) groups is 1. The van der Waals surface area contributed by atoms with Crippen LogP contribution in [0.4, 0.5) is 0 Å². The Morgan fingerprint density at radius 2 is 1.67 bits per heavy atom. The number of para-hydroxylation sites is 2. The maximum atomic E-state index is 11.2. The van der Waals surface area contributed by atoms with Crippen LogP contribution in [0.25, 0.3) is 11.0 Å². The Morgan fingerprint density at radius 1 is 0.972 bits per heavy atom. The van der Waals surface area contributed by atoms with Gasteiger partial charge in [-0.2, -0.15) is 0 Å². The number of carboxylic acids is 1. The molecule has 196 valence electrons. The Kier molecular flexibility index (Phi) is 7.09. The fourth-order valence-corrected chi connectivity index (χ4v) is 8.27. The summed E-state index contributed by atoms with van der Waals surface area (Å²) in [6.07, 6.45) is 16.4. The van der Waals surface area contributed by atoms with Crippen LogP contribution in [0.1, 0.15) is 102 Å². The lowest BCUT2D eigenvalue weighted by atomic mass is 9.76. The molecule has 3 aliphatic heterocycles. The van der Waals surface area contributed by atoms with Gasteiger partial charge in [-0.3, -0.25) is 14.6 Å². The largest absolute Gasteiger partial charge is 0.480 e. The van der Waals surface area contributed by atoms with Gasteiger partial charge < -0.3 is 9.67 Å². The number of fused-ring (bicyclic) bond motifs is 3. The number of carboxylic acid groups (broad SMARTS) is 1. The van der Waals surface area contributed by atoms with Crippen molar-refractivity contribution < 1.29 is 9.90 Å². The number of piperidine rings is 2. The molecule has 1 aliphatic carbocycles. The third kappa shape index (κ3) is 4.71. The number of hydrogen-bond acceptors (Lipinski definition) is 4. The molecular weight excluding hydrogens is 448 g/mol. The van der Waals surface area contributed by atoms with Gasteiger partial charge in [0.15, 0.2) is 0 Å². The molecule has 1 aromatic heterocycles. The molecule has 3 saturated heterocycles. The molecule has 2 aromatic rings. The van der Waals surface area contributed by atoms with Gasteiger partial charge in [-0.25, -0.2) is 4.98 Å². The lowest BCUT2D eigenvalue weighted by Crippen LogP contribution is -2.57. The van der Waals surface area contributed by atoms with Crippen molar-refractivity contribution in [2.45, 2.75) is 114 Å². The van der Waals surface area contributed by atoms with Crippen LogP contribution in [0.2, 0.25) is 0 Å². The molecular formula is C30H44N4O2. The number of hydrogen-bond donors (Lipinski definition) is 1. The molecule has 4 aliphatic rings. The zero-order valence-electron chi connectivity index (χ0n) is 22.0. The molecule has 5 atom stereocenters. The summed E-state index contributed by atoms with van der Waals surface area (Å²) in [6, 6.07) is 11.4. The first-order chi connectivity index (χ1) is 17.6. The van der Waals surface area contributed by atoms with Crippen LogP contribution in [-0.2, 0) is 4.79 Å². The van der Waals surface area contributed by atoms with E-state index in [0.717, 1.165) is 30.6 Å². The summed E-state index contributed by atoms with van der Waals surface area (Å²) in [5.74, 6) is 1.75. The SMILES string of the molecule is CCCC[C@H]1CCC[C@@H](N2[C@@H]3CCC[C@H]2C[C@@H](n2c(C4CN(CC(=O)O)C4)nc4ccccc42)C3)C1. The van der Waals surface area contributed by atoms with Gasteiger partial charge in [0.25, 0.3) is 0 Å². The van der Waals surface area contributed by atoms with Gasteiger partial charge in [-0.05, 0) is 56.6 Å². The molecule has 6 heteroatoms. The number of unbranched alkanes of at least 4 members (excludes halogenated alkanes) is 1. The van der Waals surface area contributed by atoms with E-state index in [4.69, 9.17) is 4.98 Å². The Morgan fingerprint density at radius 3 is 2.39 bits per heavy atom. The first-order valence-corrected chi connectivity index (χ1v) is 14.8. The fourth-order valence-electron chi connectivity index (χ4n) is 8.27. The van der Waals surface area contributed by atoms with Crippen LogP contribution in [-0.4, -0.2) is 68.2 Å². The monoisotopic (exact) mass is 492 g/mol.